The fraction of sp³-hybridized carbons (Fsp3) is 0.842. The summed E-state index contributed by atoms with van der Waals surface area (Å²) < 4.78 is 5.16. The van der Waals surface area contributed by atoms with Crippen LogP contribution in [0.3, 0.4) is 0 Å². The van der Waals surface area contributed by atoms with Crippen molar-refractivity contribution in [3.05, 3.63) is 0 Å². The van der Waals surface area contributed by atoms with Crippen molar-refractivity contribution in [1.29, 1.82) is 0 Å². The van der Waals surface area contributed by atoms with Crippen molar-refractivity contribution in [2.75, 3.05) is 32.7 Å². The molecule has 7 nitrogen and oxygen atoms in total. The summed E-state index contributed by atoms with van der Waals surface area (Å²) in [6.45, 7) is 8.24. The van der Waals surface area contributed by atoms with Gasteiger partial charge < -0.3 is 19.9 Å². The van der Waals surface area contributed by atoms with Gasteiger partial charge in [0.2, 0.25) is 11.8 Å². The number of ether oxygens (including phenoxy) is 1. The highest BCUT2D eigenvalue weighted by Crippen LogP contribution is 2.27. The zero-order valence-electron chi connectivity index (χ0n) is 16.4. The number of nitrogens with one attached hydrogen (secondary N) is 1. The fourth-order valence-corrected chi connectivity index (χ4v) is 3.56. The van der Waals surface area contributed by atoms with E-state index in [0.717, 1.165) is 38.6 Å². The van der Waals surface area contributed by atoms with Crippen molar-refractivity contribution in [1.82, 2.24) is 15.1 Å². The maximum Gasteiger partial charge on any atom is 0.407 e. The highest BCUT2D eigenvalue weighted by Gasteiger charge is 2.29. The molecule has 0 aromatic carbocycles. The second-order valence-electron chi connectivity index (χ2n) is 8.22. The van der Waals surface area contributed by atoms with E-state index in [1.54, 1.807) is 25.7 Å². The summed E-state index contributed by atoms with van der Waals surface area (Å²) in [6.07, 6.45) is 4.87. The summed E-state index contributed by atoms with van der Waals surface area (Å²) >= 11 is 0. The van der Waals surface area contributed by atoms with E-state index >= 15 is 0 Å². The Balaban J connectivity index is 1.71. The van der Waals surface area contributed by atoms with Crippen LogP contribution in [0.25, 0.3) is 0 Å². The second-order valence-corrected chi connectivity index (χ2v) is 8.22. The number of hydrogen-bond donors (Lipinski definition) is 1. The molecule has 148 valence electrons. The van der Waals surface area contributed by atoms with Crippen LogP contribution < -0.4 is 5.32 Å². The standard InChI is InChI=1S/C19H33N3O4/c1-19(2,3)26-18(25)20-10-9-16(23)21-11-6-12-22(14-13-21)17(24)15-7-4-5-8-15/h15H,4-14H2,1-3H3,(H,20,25). The van der Waals surface area contributed by atoms with Crippen LogP contribution in [0, 0.1) is 5.92 Å². The van der Waals surface area contributed by atoms with E-state index in [9.17, 15) is 14.4 Å². The Morgan fingerprint density at radius 3 is 2.23 bits per heavy atom. The maximum absolute atomic E-state index is 12.6. The zero-order valence-corrected chi connectivity index (χ0v) is 16.4. The highest BCUT2D eigenvalue weighted by atomic mass is 16.6. The van der Waals surface area contributed by atoms with Crippen LogP contribution in [0.2, 0.25) is 0 Å². The van der Waals surface area contributed by atoms with Gasteiger partial charge in [0, 0.05) is 45.1 Å². The van der Waals surface area contributed by atoms with Gasteiger partial charge in [-0.2, -0.15) is 0 Å². The molecule has 0 radical (unpaired) electrons. The number of carbonyl (C=O) groups is 3. The summed E-state index contributed by atoms with van der Waals surface area (Å²) in [5.74, 6) is 0.467. The Morgan fingerprint density at radius 1 is 0.962 bits per heavy atom. The predicted molar refractivity (Wildman–Crippen MR) is 98.6 cm³/mol. The first-order valence-corrected chi connectivity index (χ1v) is 9.80. The molecule has 3 amide bonds. The Labute approximate surface area is 156 Å². The van der Waals surface area contributed by atoms with E-state index in [1.807, 2.05) is 4.90 Å². The normalized spacial score (nSPS) is 19.2. The molecular weight excluding hydrogens is 334 g/mol. The lowest BCUT2D eigenvalue weighted by Crippen LogP contribution is -2.40. The van der Waals surface area contributed by atoms with Crippen LogP contribution in [0.4, 0.5) is 4.79 Å². The summed E-state index contributed by atoms with van der Waals surface area (Å²) in [7, 11) is 0. The SMILES string of the molecule is CC(C)(C)OC(=O)NCCC(=O)N1CCCN(C(=O)C2CCCC2)CC1. The molecule has 0 aromatic rings. The van der Waals surface area contributed by atoms with E-state index in [1.165, 1.54) is 0 Å². The van der Waals surface area contributed by atoms with Crippen molar-refractivity contribution >= 4 is 17.9 Å². The van der Waals surface area contributed by atoms with E-state index in [-0.39, 0.29) is 30.7 Å². The van der Waals surface area contributed by atoms with Crippen LogP contribution in [-0.4, -0.2) is 66.0 Å². The van der Waals surface area contributed by atoms with Gasteiger partial charge in [-0.1, -0.05) is 12.8 Å². The number of rotatable bonds is 4. The molecular formula is C19H33N3O4. The van der Waals surface area contributed by atoms with Gasteiger partial charge in [0.15, 0.2) is 0 Å². The Hall–Kier alpha value is -1.79. The minimum atomic E-state index is -0.547. The van der Waals surface area contributed by atoms with E-state index in [4.69, 9.17) is 4.74 Å². The first-order chi connectivity index (χ1) is 12.3. The minimum absolute atomic E-state index is 0.0104. The molecule has 0 unspecified atom stereocenters. The molecule has 1 aliphatic carbocycles. The molecule has 26 heavy (non-hydrogen) atoms. The first-order valence-electron chi connectivity index (χ1n) is 9.80. The lowest BCUT2D eigenvalue weighted by Gasteiger charge is -2.24. The average molecular weight is 367 g/mol. The minimum Gasteiger partial charge on any atom is -0.444 e. The summed E-state index contributed by atoms with van der Waals surface area (Å²) in [5, 5.41) is 2.62. The quantitative estimate of drug-likeness (QED) is 0.826. The molecule has 1 N–H and O–H groups in total. The van der Waals surface area contributed by atoms with Crippen LogP contribution >= 0.6 is 0 Å². The topological polar surface area (TPSA) is 79.0 Å². The molecule has 0 aromatic heterocycles. The highest BCUT2D eigenvalue weighted by molar-refractivity contribution is 5.80. The first kappa shape index (κ1) is 20.5. The molecule has 7 heteroatoms. The van der Waals surface area contributed by atoms with Gasteiger partial charge in [-0.25, -0.2) is 4.79 Å². The third-order valence-corrected chi connectivity index (χ3v) is 4.87. The number of alkyl carbamates (subject to hydrolysis) is 1. The Morgan fingerprint density at radius 2 is 1.58 bits per heavy atom. The number of hydrogen-bond acceptors (Lipinski definition) is 4. The van der Waals surface area contributed by atoms with Crippen molar-refractivity contribution < 1.29 is 19.1 Å². The predicted octanol–water partition coefficient (Wildman–Crippen LogP) is 2.15. The van der Waals surface area contributed by atoms with Crippen LogP contribution in [-0.2, 0) is 14.3 Å². The Kier molecular flexibility index (Phi) is 7.29. The average Bonchev–Trinajstić information content (AvgIpc) is 2.96. The molecule has 1 saturated carbocycles. The summed E-state index contributed by atoms with van der Waals surface area (Å²) in [6, 6.07) is 0. The second kappa shape index (κ2) is 9.24. The monoisotopic (exact) mass is 367 g/mol. The Bertz CT molecular complexity index is 509. The number of carbonyl (C=O) groups excluding carboxylic acids is 3. The van der Waals surface area contributed by atoms with Gasteiger partial charge in [-0.3, -0.25) is 9.59 Å². The van der Waals surface area contributed by atoms with E-state index in [0.29, 0.717) is 19.6 Å². The lowest BCUT2D eigenvalue weighted by atomic mass is 10.1. The van der Waals surface area contributed by atoms with Crippen LogP contribution in [0.1, 0.15) is 59.3 Å². The van der Waals surface area contributed by atoms with Gasteiger partial charge >= 0.3 is 6.09 Å². The van der Waals surface area contributed by atoms with Crippen molar-refractivity contribution in [2.45, 2.75) is 64.9 Å². The third-order valence-electron chi connectivity index (χ3n) is 4.87. The summed E-state index contributed by atoms with van der Waals surface area (Å²) in [4.78, 5) is 40.3. The molecule has 1 aliphatic heterocycles. The molecule has 1 saturated heterocycles. The molecule has 0 atom stereocenters. The van der Waals surface area contributed by atoms with E-state index in [2.05, 4.69) is 5.32 Å². The van der Waals surface area contributed by atoms with Crippen molar-refractivity contribution in [2.24, 2.45) is 5.92 Å². The molecule has 0 bridgehead atoms. The van der Waals surface area contributed by atoms with Crippen LogP contribution in [0.5, 0.6) is 0 Å². The molecule has 0 spiro atoms. The van der Waals surface area contributed by atoms with Crippen molar-refractivity contribution in [3.8, 4) is 0 Å². The molecule has 2 fully saturated rings. The lowest BCUT2D eigenvalue weighted by molar-refractivity contribution is -0.136. The van der Waals surface area contributed by atoms with E-state index < -0.39 is 11.7 Å². The fourth-order valence-electron chi connectivity index (χ4n) is 3.56. The van der Waals surface area contributed by atoms with Crippen molar-refractivity contribution in [3.63, 3.8) is 0 Å². The van der Waals surface area contributed by atoms with Gasteiger partial charge in [0.25, 0.3) is 0 Å². The zero-order chi connectivity index (χ0) is 19.2. The molecule has 2 aliphatic rings. The number of amides is 3. The van der Waals surface area contributed by atoms with Crippen LogP contribution in [0.15, 0.2) is 0 Å². The number of nitrogens with zero attached hydrogens (tertiary/aromatic N) is 2. The third kappa shape index (κ3) is 6.50. The smallest absolute Gasteiger partial charge is 0.407 e. The van der Waals surface area contributed by atoms with Gasteiger partial charge in [0.1, 0.15) is 5.60 Å². The largest absolute Gasteiger partial charge is 0.444 e. The molecule has 2 rings (SSSR count). The van der Waals surface area contributed by atoms with Gasteiger partial charge in [0.05, 0.1) is 0 Å². The maximum atomic E-state index is 12.6. The van der Waals surface area contributed by atoms with Gasteiger partial charge in [-0.15, -0.1) is 0 Å². The molecule has 1 heterocycles. The van der Waals surface area contributed by atoms with Gasteiger partial charge in [-0.05, 0) is 40.0 Å². The summed E-state index contributed by atoms with van der Waals surface area (Å²) in [5.41, 5.74) is -0.547.